The number of hydrogen-bond acceptors (Lipinski definition) is 5. The van der Waals surface area contributed by atoms with E-state index in [0.29, 0.717) is 18.4 Å². The molecular formula is C13H21N3O3S. The van der Waals surface area contributed by atoms with Gasteiger partial charge in [0.2, 0.25) is 0 Å². The van der Waals surface area contributed by atoms with Crippen LogP contribution in [0.3, 0.4) is 0 Å². The summed E-state index contributed by atoms with van der Waals surface area (Å²) in [4.78, 5) is 3.92. The minimum atomic E-state index is -3.60. The highest BCUT2D eigenvalue weighted by molar-refractivity contribution is 7.89. The lowest BCUT2D eigenvalue weighted by molar-refractivity contribution is 0.0626. The Hall–Kier alpha value is -1.18. The molecule has 1 aromatic heterocycles. The maximum atomic E-state index is 12.1. The molecular weight excluding hydrogens is 278 g/mol. The lowest BCUT2D eigenvalue weighted by Gasteiger charge is -2.12. The number of rotatable bonds is 7. The van der Waals surface area contributed by atoms with Crippen molar-refractivity contribution in [2.75, 3.05) is 25.5 Å². The van der Waals surface area contributed by atoms with Crippen LogP contribution in [-0.2, 0) is 14.8 Å². The van der Waals surface area contributed by atoms with Gasteiger partial charge in [-0.3, -0.25) is 0 Å². The van der Waals surface area contributed by atoms with E-state index in [1.165, 1.54) is 19.0 Å². The van der Waals surface area contributed by atoms with E-state index in [-0.39, 0.29) is 11.6 Å². The molecule has 112 valence electrons. The first-order valence-electron chi connectivity index (χ1n) is 6.87. The number of aromatic nitrogens is 1. The number of sulfonamides is 1. The van der Waals surface area contributed by atoms with Gasteiger partial charge in [-0.1, -0.05) is 12.8 Å². The SMILES string of the molecule is CNc1cccnc1S(=O)(=O)NCCOC1CCCC1. The summed E-state index contributed by atoms with van der Waals surface area (Å²) in [6.45, 7) is 0.657. The van der Waals surface area contributed by atoms with Gasteiger partial charge >= 0.3 is 0 Å². The summed E-state index contributed by atoms with van der Waals surface area (Å²) in [6, 6.07) is 3.37. The summed E-state index contributed by atoms with van der Waals surface area (Å²) in [5, 5.41) is 2.84. The molecule has 6 nitrogen and oxygen atoms in total. The van der Waals surface area contributed by atoms with Crippen LogP contribution in [0.1, 0.15) is 25.7 Å². The maximum Gasteiger partial charge on any atom is 0.260 e. The predicted molar refractivity (Wildman–Crippen MR) is 77.2 cm³/mol. The van der Waals surface area contributed by atoms with Crippen molar-refractivity contribution in [1.82, 2.24) is 9.71 Å². The summed E-state index contributed by atoms with van der Waals surface area (Å²) in [5.74, 6) is 0. The average Bonchev–Trinajstić information content (AvgIpc) is 2.97. The fourth-order valence-corrected chi connectivity index (χ4v) is 3.47. The van der Waals surface area contributed by atoms with Crippen molar-refractivity contribution in [3.05, 3.63) is 18.3 Å². The average molecular weight is 299 g/mol. The first-order chi connectivity index (χ1) is 9.63. The first kappa shape index (κ1) is 15.2. The second-order valence-electron chi connectivity index (χ2n) is 4.78. The van der Waals surface area contributed by atoms with E-state index in [2.05, 4.69) is 15.0 Å². The quantitative estimate of drug-likeness (QED) is 0.743. The van der Waals surface area contributed by atoms with E-state index in [4.69, 9.17) is 4.74 Å². The van der Waals surface area contributed by atoms with E-state index in [9.17, 15) is 8.42 Å². The van der Waals surface area contributed by atoms with Crippen LogP contribution in [0.25, 0.3) is 0 Å². The van der Waals surface area contributed by atoms with Gasteiger partial charge in [-0.15, -0.1) is 0 Å². The minimum Gasteiger partial charge on any atom is -0.386 e. The first-order valence-corrected chi connectivity index (χ1v) is 8.36. The molecule has 7 heteroatoms. The summed E-state index contributed by atoms with van der Waals surface area (Å²) < 4.78 is 32.4. The third-order valence-electron chi connectivity index (χ3n) is 3.34. The zero-order valence-electron chi connectivity index (χ0n) is 11.6. The third-order valence-corrected chi connectivity index (χ3v) is 4.76. The van der Waals surface area contributed by atoms with E-state index >= 15 is 0 Å². The van der Waals surface area contributed by atoms with Crippen LogP contribution in [0.4, 0.5) is 5.69 Å². The number of hydrogen-bond donors (Lipinski definition) is 2. The van der Waals surface area contributed by atoms with Crippen molar-refractivity contribution in [3.8, 4) is 0 Å². The summed E-state index contributed by atoms with van der Waals surface area (Å²) in [5.41, 5.74) is 0.483. The highest BCUT2D eigenvalue weighted by Gasteiger charge is 2.20. The Labute approximate surface area is 120 Å². The number of pyridine rings is 1. The van der Waals surface area contributed by atoms with Crippen molar-refractivity contribution in [2.24, 2.45) is 0 Å². The molecule has 2 N–H and O–H groups in total. The zero-order valence-corrected chi connectivity index (χ0v) is 12.4. The Kier molecular flexibility index (Phi) is 5.33. The van der Waals surface area contributed by atoms with Crippen LogP contribution >= 0.6 is 0 Å². The number of nitrogens with zero attached hydrogens (tertiary/aromatic N) is 1. The van der Waals surface area contributed by atoms with Gasteiger partial charge in [-0.2, -0.15) is 0 Å². The van der Waals surface area contributed by atoms with Crippen LogP contribution < -0.4 is 10.0 Å². The molecule has 1 saturated carbocycles. The van der Waals surface area contributed by atoms with Gasteiger partial charge in [0.25, 0.3) is 10.0 Å². The second kappa shape index (κ2) is 7.01. The molecule has 20 heavy (non-hydrogen) atoms. The molecule has 1 aromatic rings. The molecule has 0 bridgehead atoms. The van der Waals surface area contributed by atoms with Gasteiger partial charge in [-0.25, -0.2) is 18.1 Å². The standard InChI is InChI=1S/C13H21N3O3S/c1-14-12-7-4-8-15-13(12)20(17,18)16-9-10-19-11-5-2-3-6-11/h4,7-8,11,14,16H,2-3,5-6,9-10H2,1H3. The molecule has 1 fully saturated rings. The van der Waals surface area contributed by atoms with Crippen LogP contribution in [0.2, 0.25) is 0 Å². The Bertz CT molecular complexity index is 527. The monoisotopic (exact) mass is 299 g/mol. The van der Waals surface area contributed by atoms with Crippen molar-refractivity contribution in [3.63, 3.8) is 0 Å². The van der Waals surface area contributed by atoms with Crippen molar-refractivity contribution >= 4 is 15.7 Å². The lowest BCUT2D eigenvalue weighted by Crippen LogP contribution is -2.29. The van der Waals surface area contributed by atoms with Crippen molar-refractivity contribution < 1.29 is 13.2 Å². The molecule has 0 radical (unpaired) electrons. The number of ether oxygens (including phenoxy) is 1. The van der Waals surface area contributed by atoms with Gasteiger partial charge < -0.3 is 10.1 Å². The molecule has 1 aliphatic carbocycles. The van der Waals surface area contributed by atoms with Crippen LogP contribution in [0, 0.1) is 0 Å². The van der Waals surface area contributed by atoms with E-state index < -0.39 is 10.0 Å². The molecule has 0 aromatic carbocycles. The summed E-state index contributed by atoms with van der Waals surface area (Å²) >= 11 is 0. The van der Waals surface area contributed by atoms with Gasteiger partial charge in [0.15, 0.2) is 5.03 Å². The minimum absolute atomic E-state index is 0.0170. The van der Waals surface area contributed by atoms with Gasteiger partial charge in [0.1, 0.15) is 0 Å². The van der Waals surface area contributed by atoms with E-state index in [1.807, 2.05) is 0 Å². The third kappa shape index (κ3) is 3.91. The molecule has 0 atom stereocenters. The van der Waals surface area contributed by atoms with E-state index in [1.54, 1.807) is 19.2 Å². The molecule has 2 rings (SSSR count). The Balaban J connectivity index is 1.87. The fourth-order valence-electron chi connectivity index (χ4n) is 2.32. The molecule has 0 aliphatic heterocycles. The molecule has 0 saturated heterocycles. The highest BCUT2D eigenvalue weighted by atomic mass is 32.2. The van der Waals surface area contributed by atoms with Crippen molar-refractivity contribution in [2.45, 2.75) is 36.8 Å². The summed E-state index contributed by atoms with van der Waals surface area (Å²) in [6.07, 6.45) is 6.33. The molecule has 0 unspecified atom stereocenters. The fraction of sp³-hybridized carbons (Fsp3) is 0.615. The molecule has 1 heterocycles. The lowest BCUT2D eigenvalue weighted by atomic mass is 10.3. The molecule has 1 aliphatic rings. The van der Waals surface area contributed by atoms with Crippen LogP contribution in [-0.4, -0.2) is 39.7 Å². The second-order valence-corrected chi connectivity index (χ2v) is 6.46. The van der Waals surface area contributed by atoms with Crippen LogP contribution in [0.15, 0.2) is 23.4 Å². The van der Waals surface area contributed by atoms with Gasteiger partial charge in [0.05, 0.1) is 18.4 Å². The van der Waals surface area contributed by atoms with Gasteiger partial charge in [-0.05, 0) is 25.0 Å². The number of nitrogens with one attached hydrogen (secondary N) is 2. The zero-order chi connectivity index (χ0) is 14.4. The highest BCUT2D eigenvalue weighted by Crippen LogP contribution is 2.20. The van der Waals surface area contributed by atoms with Crippen LogP contribution in [0.5, 0.6) is 0 Å². The normalized spacial score (nSPS) is 16.4. The smallest absolute Gasteiger partial charge is 0.260 e. The largest absolute Gasteiger partial charge is 0.386 e. The topological polar surface area (TPSA) is 80.3 Å². The van der Waals surface area contributed by atoms with Gasteiger partial charge in [0, 0.05) is 19.8 Å². The molecule has 0 amide bonds. The Morgan fingerprint density at radius 2 is 2.15 bits per heavy atom. The Morgan fingerprint density at radius 3 is 2.85 bits per heavy atom. The summed E-state index contributed by atoms with van der Waals surface area (Å²) in [7, 11) is -1.94. The maximum absolute atomic E-state index is 12.1. The van der Waals surface area contributed by atoms with E-state index in [0.717, 1.165) is 12.8 Å². The molecule has 0 spiro atoms. The van der Waals surface area contributed by atoms with Crippen molar-refractivity contribution in [1.29, 1.82) is 0 Å². The predicted octanol–water partition coefficient (Wildman–Crippen LogP) is 1.36. The number of anilines is 1. The Morgan fingerprint density at radius 1 is 1.40 bits per heavy atom.